The van der Waals surface area contributed by atoms with E-state index in [4.69, 9.17) is 0 Å². The topological polar surface area (TPSA) is 41.0 Å². The van der Waals surface area contributed by atoms with Crippen LogP contribution in [0.25, 0.3) is 0 Å². The van der Waals surface area contributed by atoms with E-state index in [-0.39, 0.29) is 0 Å². The van der Waals surface area contributed by atoms with Gasteiger partial charge in [0, 0.05) is 31.9 Å². The molecule has 0 saturated carbocycles. The minimum atomic E-state index is 0.854. The second-order valence-electron chi connectivity index (χ2n) is 4.29. The number of likely N-dealkylation sites (N-methyl/N-ethyl adjacent to an activating group) is 1. The van der Waals surface area contributed by atoms with E-state index >= 15 is 0 Å². The molecule has 0 spiro atoms. The number of anilines is 1. The van der Waals surface area contributed by atoms with Gasteiger partial charge in [-0.2, -0.15) is 0 Å². The first-order valence-corrected chi connectivity index (χ1v) is 6.43. The summed E-state index contributed by atoms with van der Waals surface area (Å²) in [6.45, 7) is 9.30. The van der Waals surface area contributed by atoms with Gasteiger partial charge in [0.2, 0.25) is 0 Å². The highest BCUT2D eigenvalue weighted by Crippen LogP contribution is 2.10. The van der Waals surface area contributed by atoms with E-state index in [9.17, 15) is 0 Å². The van der Waals surface area contributed by atoms with Crippen molar-refractivity contribution in [3.63, 3.8) is 0 Å². The summed E-state index contributed by atoms with van der Waals surface area (Å²) in [5, 5.41) is 3.39. The molecule has 0 bridgehead atoms. The zero-order valence-corrected chi connectivity index (χ0v) is 11.5. The predicted octanol–water partition coefficient (Wildman–Crippen LogP) is 1.78. The van der Waals surface area contributed by atoms with Gasteiger partial charge in [-0.15, -0.1) is 0 Å². The van der Waals surface area contributed by atoms with Crippen LogP contribution in [0.4, 0.5) is 5.82 Å². The van der Waals surface area contributed by atoms with Crippen molar-refractivity contribution in [3.05, 3.63) is 17.6 Å². The second kappa shape index (κ2) is 7.22. The van der Waals surface area contributed by atoms with Crippen molar-refractivity contribution in [3.8, 4) is 0 Å². The molecule has 1 aromatic rings. The highest BCUT2D eigenvalue weighted by molar-refractivity contribution is 5.38. The molecule has 4 nitrogen and oxygen atoms in total. The Bertz CT molecular complexity index is 338. The first-order chi connectivity index (χ1) is 8.17. The van der Waals surface area contributed by atoms with Crippen LogP contribution < -0.4 is 10.2 Å². The lowest BCUT2D eigenvalue weighted by Gasteiger charge is -2.19. The van der Waals surface area contributed by atoms with E-state index in [0.29, 0.717) is 0 Å². The zero-order chi connectivity index (χ0) is 12.7. The van der Waals surface area contributed by atoms with E-state index < -0.39 is 0 Å². The van der Waals surface area contributed by atoms with Gasteiger partial charge in [0.25, 0.3) is 0 Å². The Morgan fingerprint density at radius 2 is 2.00 bits per heavy atom. The molecule has 1 heterocycles. The van der Waals surface area contributed by atoms with Crippen LogP contribution in [0, 0.1) is 6.92 Å². The molecule has 0 radical (unpaired) electrons. The number of nitrogens with one attached hydrogen (secondary N) is 1. The van der Waals surface area contributed by atoms with Crippen LogP contribution in [0.15, 0.2) is 6.07 Å². The van der Waals surface area contributed by atoms with E-state index in [1.165, 1.54) is 6.42 Å². The number of hydrogen-bond donors (Lipinski definition) is 1. The van der Waals surface area contributed by atoms with Crippen LogP contribution in [-0.2, 0) is 6.42 Å². The third-order valence-electron chi connectivity index (χ3n) is 2.68. The Kier molecular flexibility index (Phi) is 5.91. The molecule has 1 N–H and O–H groups in total. The first kappa shape index (κ1) is 13.9. The lowest BCUT2D eigenvalue weighted by molar-refractivity contribution is 0.663. The van der Waals surface area contributed by atoms with Gasteiger partial charge in [0.15, 0.2) is 0 Å². The van der Waals surface area contributed by atoms with Gasteiger partial charge in [-0.25, -0.2) is 9.97 Å². The SMILES string of the molecule is CCCNCCN(C)c1cc(CC)nc(C)n1. The first-order valence-electron chi connectivity index (χ1n) is 6.43. The van der Waals surface area contributed by atoms with Crippen molar-refractivity contribution in [2.75, 3.05) is 31.6 Å². The number of nitrogens with zero attached hydrogens (tertiary/aromatic N) is 3. The Morgan fingerprint density at radius 1 is 1.24 bits per heavy atom. The van der Waals surface area contributed by atoms with Gasteiger partial charge in [0.1, 0.15) is 11.6 Å². The smallest absolute Gasteiger partial charge is 0.132 e. The standard InChI is InChI=1S/C13H24N4/c1-5-7-14-8-9-17(4)13-10-12(6-2)15-11(3)16-13/h10,14H,5-9H2,1-4H3. The molecule has 96 valence electrons. The van der Waals surface area contributed by atoms with Gasteiger partial charge in [-0.05, 0) is 26.3 Å². The zero-order valence-electron chi connectivity index (χ0n) is 11.5. The van der Waals surface area contributed by atoms with Gasteiger partial charge < -0.3 is 10.2 Å². The molecule has 0 unspecified atom stereocenters. The third-order valence-corrected chi connectivity index (χ3v) is 2.68. The normalized spacial score (nSPS) is 10.6. The molecule has 1 aromatic heterocycles. The number of aromatic nitrogens is 2. The third kappa shape index (κ3) is 4.69. The molecule has 1 rings (SSSR count). The van der Waals surface area contributed by atoms with Crippen LogP contribution >= 0.6 is 0 Å². The Labute approximate surface area is 104 Å². The van der Waals surface area contributed by atoms with Gasteiger partial charge in [0.05, 0.1) is 0 Å². The largest absolute Gasteiger partial charge is 0.358 e. The maximum Gasteiger partial charge on any atom is 0.132 e. The molecular weight excluding hydrogens is 212 g/mol. The van der Waals surface area contributed by atoms with E-state index in [1.807, 2.05) is 6.92 Å². The van der Waals surface area contributed by atoms with Crippen molar-refractivity contribution < 1.29 is 0 Å². The Morgan fingerprint density at radius 3 is 2.65 bits per heavy atom. The average molecular weight is 236 g/mol. The van der Waals surface area contributed by atoms with Crippen LogP contribution in [0.2, 0.25) is 0 Å². The molecule has 0 aliphatic heterocycles. The highest BCUT2D eigenvalue weighted by atomic mass is 15.2. The van der Waals surface area contributed by atoms with Crippen LogP contribution in [-0.4, -0.2) is 36.6 Å². The van der Waals surface area contributed by atoms with Crippen LogP contribution in [0.1, 0.15) is 31.8 Å². The molecule has 0 atom stereocenters. The maximum atomic E-state index is 4.47. The summed E-state index contributed by atoms with van der Waals surface area (Å²) in [7, 11) is 2.08. The van der Waals surface area contributed by atoms with E-state index in [2.05, 4.69) is 47.1 Å². The fraction of sp³-hybridized carbons (Fsp3) is 0.692. The molecule has 0 aromatic carbocycles. The monoisotopic (exact) mass is 236 g/mol. The van der Waals surface area contributed by atoms with Crippen LogP contribution in [0.5, 0.6) is 0 Å². The lowest BCUT2D eigenvalue weighted by atomic mass is 10.3. The lowest BCUT2D eigenvalue weighted by Crippen LogP contribution is -2.30. The molecular formula is C13H24N4. The van der Waals surface area contributed by atoms with E-state index in [1.54, 1.807) is 0 Å². The molecule has 4 heteroatoms. The number of rotatable bonds is 7. The summed E-state index contributed by atoms with van der Waals surface area (Å²) in [4.78, 5) is 11.0. The van der Waals surface area contributed by atoms with E-state index in [0.717, 1.165) is 43.4 Å². The van der Waals surface area contributed by atoms with Gasteiger partial charge in [-0.3, -0.25) is 0 Å². The molecule has 0 fully saturated rings. The molecule has 0 aliphatic rings. The maximum absolute atomic E-state index is 4.47. The van der Waals surface area contributed by atoms with Crippen molar-refractivity contribution in [1.82, 2.24) is 15.3 Å². The number of aryl methyl sites for hydroxylation is 2. The minimum Gasteiger partial charge on any atom is -0.358 e. The fourth-order valence-electron chi connectivity index (χ4n) is 1.65. The molecule has 0 aliphatic carbocycles. The molecule has 0 saturated heterocycles. The summed E-state index contributed by atoms with van der Waals surface area (Å²) in [6, 6.07) is 2.08. The minimum absolute atomic E-state index is 0.854. The van der Waals surface area contributed by atoms with Crippen molar-refractivity contribution in [2.45, 2.75) is 33.6 Å². The summed E-state index contributed by atoms with van der Waals surface area (Å²) in [5.41, 5.74) is 1.11. The average Bonchev–Trinajstić information content (AvgIpc) is 2.33. The van der Waals surface area contributed by atoms with Crippen molar-refractivity contribution in [1.29, 1.82) is 0 Å². The molecule has 17 heavy (non-hydrogen) atoms. The second-order valence-corrected chi connectivity index (χ2v) is 4.29. The van der Waals surface area contributed by atoms with Gasteiger partial charge in [-0.1, -0.05) is 13.8 Å². The number of hydrogen-bond acceptors (Lipinski definition) is 4. The highest BCUT2D eigenvalue weighted by Gasteiger charge is 2.05. The Balaban J connectivity index is 2.55. The predicted molar refractivity (Wildman–Crippen MR) is 72.6 cm³/mol. The van der Waals surface area contributed by atoms with Crippen LogP contribution in [0.3, 0.4) is 0 Å². The summed E-state index contributed by atoms with van der Waals surface area (Å²) < 4.78 is 0. The van der Waals surface area contributed by atoms with Crippen molar-refractivity contribution in [2.24, 2.45) is 0 Å². The summed E-state index contributed by atoms with van der Waals surface area (Å²) >= 11 is 0. The quantitative estimate of drug-likeness (QED) is 0.733. The summed E-state index contributed by atoms with van der Waals surface area (Å²) in [5.74, 6) is 1.88. The van der Waals surface area contributed by atoms with Crippen molar-refractivity contribution >= 4 is 5.82 Å². The molecule has 0 amide bonds. The Hall–Kier alpha value is -1.16. The summed E-state index contributed by atoms with van der Waals surface area (Å²) in [6.07, 6.45) is 2.13. The fourth-order valence-corrected chi connectivity index (χ4v) is 1.65. The van der Waals surface area contributed by atoms with Gasteiger partial charge >= 0.3 is 0 Å².